The van der Waals surface area contributed by atoms with Crippen LogP contribution in [0.5, 0.6) is 5.75 Å². The fraction of sp³-hybridized carbons (Fsp3) is 0.200. The zero-order valence-corrected chi connectivity index (χ0v) is 15.1. The van der Waals surface area contributed by atoms with E-state index in [-0.39, 0.29) is 17.7 Å². The maximum atomic E-state index is 12.4. The van der Waals surface area contributed by atoms with Crippen LogP contribution in [0, 0.1) is 6.92 Å². The van der Waals surface area contributed by atoms with Crippen molar-refractivity contribution in [3.8, 4) is 17.1 Å². The number of benzene rings is 2. The first-order valence-electron chi connectivity index (χ1n) is 8.34. The Labute approximate surface area is 155 Å². The minimum Gasteiger partial charge on any atom is -0.490 e. The van der Waals surface area contributed by atoms with Gasteiger partial charge in [0.25, 0.3) is 5.91 Å². The minimum atomic E-state index is -0.349. The van der Waals surface area contributed by atoms with Gasteiger partial charge in [-0.05, 0) is 55.3 Å². The van der Waals surface area contributed by atoms with Crippen LogP contribution in [-0.4, -0.2) is 17.2 Å². The summed E-state index contributed by atoms with van der Waals surface area (Å²) in [6.07, 6.45) is 1.04. The first-order valence-corrected chi connectivity index (χ1v) is 8.71. The average molecular weight is 369 g/mol. The van der Waals surface area contributed by atoms with E-state index in [1.165, 1.54) is 0 Å². The molecule has 132 valence electrons. The molecule has 1 N–H and O–H groups in total. The van der Waals surface area contributed by atoms with Crippen LogP contribution >= 0.6 is 11.6 Å². The molecule has 1 atom stereocenters. The Morgan fingerprint density at radius 1 is 1.23 bits per heavy atom. The molecule has 1 aliphatic heterocycles. The molecule has 3 aromatic rings. The summed E-state index contributed by atoms with van der Waals surface area (Å²) < 4.78 is 11.1. The summed E-state index contributed by atoms with van der Waals surface area (Å²) in [5, 5.41) is 7.25. The topological polar surface area (TPSA) is 64.4 Å². The normalized spacial score (nSPS) is 15.4. The van der Waals surface area contributed by atoms with Crippen LogP contribution in [0.15, 0.2) is 47.0 Å². The molecular weight excluding hydrogens is 352 g/mol. The summed E-state index contributed by atoms with van der Waals surface area (Å²) in [6.45, 7) is 3.94. The monoisotopic (exact) mass is 368 g/mol. The molecule has 4 rings (SSSR count). The Kier molecular flexibility index (Phi) is 4.17. The van der Waals surface area contributed by atoms with Crippen molar-refractivity contribution in [1.82, 2.24) is 5.16 Å². The highest BCUT2D eigenvalue weighted by atomic mass is 35.5. The molecule has 1 amide bonds. The van der Waals surface area contributed by atoms with Crippen molar-refractivity contribution in [3.05, 3.63) is 64.3 Å². The van der Waals surface area contributed by atoms with E-state index in [4.69, 9.17) is 20.9 Å². The second kappa shape index (κ2) is 6.50. The molecule has 2 heterocycles. The van der Waals surface area contributed by atoms with E-state index in [9.17, 15) is 4.79 Å². The number of aromatic nitrogens is 1. The van der Waals surface area contributed by atoms with Crippen molar-refractivity contribution in [2.24, 2.45) is 0 Å². The van der Waals surface area contributed by atoms with Gasteiger partial charge in [0.15, 0.2) is 11.5 Å². The lowest BCUT2D eigenvalue weighted by Crippen LogP contribution is -2.12. The van der Waals surface area contributed by atoms with E-state index in [0.717, 1.165) is 28.9 Å². The third kappa shape index (κ3) is 3.18. The van der Waals surface area contributed by atoms with E-state index in [1.807, 2.05) is 38.1 Å². The molecule has 6 heteroatoms. The maximum Gasteiger partial charge on any atom is 0.277 e. The predicted octanol–water partition coefficient (Wildman–Crippen LogP) is 4.88. The molecule has 0 aliphatic carbocycles. The summed E-state index contributed by atoms with van der Waals surface area (Å²) in [5.41, 5.74) is 3.77. The number of carbonyl (C=O) groups excluding carboxylic acids is 1. The minimum absolute atomic E-state index is 0.178. The number of amides is 1. The molecule has 0 unspecified atom stereocenters. The molecule has 1 aromatic heterocycles. The molecule has 2 aromatic carbocycles. The van der Waals surface area contributed by atoms with E-state index in [0.29, 0.717) is 16.5 Å². The standard InChI is InChI=1S/C20H17ClN2O3/c1-11-3-5-15(9-16(11)21)22-20(24)17-10-19(26-23-17)13-4-6-18-14(8-13)7-12(2)25-18/h3-6,8-10,12H,7H2,1-2H3,(H,22,24)/t12-/m0/s1. The van der Waals surface area contributed by atoms with E-state index in [2.05, 4.69) is 10.5 Å². The fourth-order valence-electron chi connectivity index (χ4n) is 2.96. The molecule has 0 saturated heterocycles. The number of hydrogen-bond acceptors (Lipinski definition) is 4. The lowest BCUT2D eigenvalue weighted by Gasteiger charge is -2.04. The number of hydrogen-bond donors (Lipinski definition) is 1. The third-order valence-electron chi connectivity index (χ3n) is 4.35. The number of halogens is 1. The predicted molar refractivity (Wildman–Crippen MR) is 99.9 cm³/mol. The summed E-state index contributed by atoms with van der Waals surface area (Å²) in [4.78, 5) is 12.4. The van der Waals surface area contributed by atoms with Gasteiger partial charge in [0.1, 0.15) is 11.9 Å². The van der Waals surface area contributed by atoms with Crippen molar-refractivity contribution >= 4 is 23.2 Å². The summed E-state index contributed by atoms with van der Waals surface area (Å²) >= 11 is 6.09. The Morgan fingerprint density at radius 3 is 2.88 bits per heavy atom. The maximum absolute atomic E-state index is 12.4. The van der Waals surface area contributed by atoms with Crippen molar-refractivity contribution in [3.63, 3.8) is 0 Å². The molecule has 0 spiro atoms. The second-order valence-corrected chi connectivity index (χ2v) is 6.86. The smallest absolute Gasteiger partial charge is 0.277 e. The number of aryl methyl sites for hydroxylation is 1. The van der Waals surface area contributed by atoms with Gasteiger partial charge in [0.2, 0.25) is 0 Å². The first-order chi connectivity index (χ1) is 12.5. The van der Waals surface area contributed by atoms with Gasteiger partial charge in [-0.3, -0.25) is 4.79 Å². The number of rotatable bonds is 3. The van der Waals surface area contributed by atoms with Gasteiger partial charge in [-0.15, -0.1) is 0 Å². The zero-order valence-electron chi connectivity index (χ0n) is 14.4. The van der Waals surface area contributed by atoms with Crippen molar-refractivity contribution < 1.29 is 14.1 Å². The highest BCUT2D eigenvalue weighted by Crippen LogP contribution is 2.33. The lowest BCUT2D eigenvalue weighted by atomic mass is 10.1. The Hall–Kier alpha value is -2.79. The molecule has 0 radical (unpaired) electrons. The largest absolute Gasteiger partial charge is 0.490 e. The van der Waals surface area contributed by atoms with Crippen molar-refractivity contribution in [2.75, 3.05) is 5.32 Å². The van der Waals surface area contributed by atoms with Gasteiger partial charge in [-0.25, -0.2) is 0 Å². The van der Waals surface area contributed by atoms with Gasteiger partial charge in [-0.1, -0.05) is 22.8 Å². The SMILES string of the molecule is Cc1ccc(NC(=O)c2cc(-c3ccc4c(c3)C[C@H](C)O4)on2)cc1Cl. The Morgan fingerprint density at radius 2 is 2.08 bits per heavy atom. The number of carbonyl (C=O) groups is 1. The van der Waals surface area contributed by atoms with Gasteiger partial charge >= 0.3 is 0 Å². The third-order valence-corrected chi connectivity index (χ3v) is 4.76. The molecule has 26 heavy (non-hydrogen) atoms. The average Bonchev–Trinajstić information content (AvgIpc) is 3.23. The van der Waals surface area contributed by atoms with Crippen molar-refractivity contribution in [1.29, 1.82) is 0 Å². The van der Waals surface area contributed by atoms with Crippen LogP contribution in [0.25, 0.3) is 11.3 Å². The van der Waals surface area contributed by atoms with Crippen LogP contribution in [0.4, 0.5) is 5.69 Å². The molecule has 1 aliphatic rings. The van der Waals surface area contributed by atoms with Gasteiger partial charge in [0.05, 0.1) is 0 Å². The van der Waals surface area contributed by atoms with Gasteiger partial charge in [0, 0.05) is 28.8 Å². The number of nitrogens with zero attached hydrogens (tertiary/aromatic N) is 1. The van der Waals surface area contributed by atoms with Crippen LogP contribution in [0.1, 0.15) is 28.5 Å². The fourth-order valence-corrected chi connectivity index (χ4v) is 3.14. The molecule has 5 nitrogen and oxygen atoms in total. The second-order valence-electron chi connectivity index (χ2n) is 6.45. The number of ether oxygens (including phenoxy) is 1. The van der Waals surface area contributed by atoms with E-state index in [1.54, 1.807) is 18.2 Å². The highest BCUT2D eigenvalue weighted by Gasteiger charge is 2.21. The molecule has 0 saturated carbocycles. The molecular formula is C20H17ClN2O3. The molecule has 0 bridgehead atoms. The summed E-state index contributed by atoms with van der Waals surface area (Å²) in [7, 11) is 0. The van der Waals surface area contributed by atoms with Crippen LogP contribution in [0.3, 0.4) is 0 Å². The Bertz CT molecular complexity index is 996. The van der Waals surface area contributed by atoms with E-state index >= 15 is 0 Å². The first kappa shape index (κ1) is 16.7. The van der Waals surface area contributed by atoms with Gasteiger partial charge in [-0.2, -0.15) is 0 Å². The lowest BCUT2D eigenvalue weighted by molar-refractivity contribution is 0.101. The highest BCUT2D eigenvalue weighted by molar-refractivity contribution is 6.31. The van der Waals surface area contributed by atoms with Crippen LogP contribution < -0.4 is 10.1 Å². The summed E-state index contributed by atoms with van der Waals surface area (Å²) in [5.74, 6) is 1.09. The van der Waals surface area contributed by atoms with Crippen molar-refractivity contribution in [2.45, 2.75) is 26.4 Å². The van der Waals surface area contributed by atoms with Crippen LogP contribution in [-0.2, 0) is 6.42 Å². The quantitative estimate of drug-likeness (QED) is 0.715. The summed E-state index contributed by atoms with van der Waals surface area (Å²) in [6, 6.07) is 12.8. The number of fused-ring (bicyclic) bond motifs is 1. The van der Waals surface area contributed by atoms with Crippen LogP contribution in [0.2, 0.25) is 5.02 Å². The molecule has 0 fully saturated rings. The zero-order chi connectivity index (χ0) is 18.3. The number of anilines is 1. The number of nitrogens with one attached hydrogen (secondary N) is 1. The Balaban J connectivity index is 1.53. The van der Waals surface area contributed by atoms with E-state index < -0.39 is 0 Å². The van der Waals surface area contributed by atoms with Gasteiger partial charge < -0.3 is 14.6 Å².